The first-order valence-corrected chi connectivity index (χ1v) is 11.1. The van der Waals surface area contributed by atoms with Gasteiger partial charge in [0, 0.05) is 38.1 Å². The maximum atomic E-state index is 13.0. The maximum Gasteiger partial charge on any atom is 0.256 e. The van der Waals surface area contributed by atoms with Gasteiger partial charge >= 0.3 is 0 Å². The highest BCUT2D eigenvalue weighted by molar-refractivity contribution is 5.96. The molecule has 33 heavy (non-hydrogen) atoms. The molecule has 9 heteroatoms. The van der Waals surface area contributed by atoms with Gasteiger partial charge in [-0.2, -0.15) is 4.98 Å². The summed E-state index contributed by atoms with van der Waals surface area (Å²) in [4.78, 5) is 34.4. The fraction of sp³-hybridized carbons (Fsp3) is 0.417. The van der Waals surface area contributed by atoms with E-state index in [0.717, 1.165) is 31.2 Å². The normalized spacial score (nSPS) is 14.2. The zero-order chi connectivity index (χ0) is 23.4. The van der Waals surface area contributed by atoms with Crippen LogP contribution in [0.15, 0.2) is 35.4 Å². The smallest absolute Gasteiger partial charge is 0.256 e. The van der Waals surface area contributed by atoms with E-state index in [1.165, 1.54) is 19.7 Å². The topological polar surface area (TPSA) is 107 Å². The molecule has 1 aliphatic rings. The van der Waals surface area contributed by atoms with Crippen molar-refractivity contribution in [3.63, 3.8) is 0 Å². The standard InChI is InChI=1S/C24H29N5O4/c1-25-23(31)20-14-29(16-7-5-4-6-8-16)22-19(21(20)30)13-27-24(28-22)26-12-15-9-17(32-2)11-18(10-15)33-3/h9-11,13-14,16H,4-8,12H2,1-3H3,(H,25,31)(H,26,27,28). The van der Waals surface area contributed by atoms with E-state index in [2.05, 4.69) is 20.6 Å². The summed E-state index contributed by atoms with van der Waals surface area (Å²) >= 11 is 0. The van der Waals surface area contributed by atoms with Crippen molar-refractivity contribution in [1.29, 1.82) is 0 Å². The monoisotopic (exact) mass is 451 g/mol. The third kappa shape index (κ3) is 4.76. The van der Waals surface area contributed by atoms with Gasteiger partial charge in [0.25, 0.3) is 5.91 Å². The first-order chi connectivity index (χ1) is 16.0. The van der Waals surface area contributed by atoms with Crippen LogP contribution in [0.25, 0.3) is 11.0 Å². The van der Waals surface area contributed by atoms with E-state index in [-0.39, 0.29) is 17.0 Å². The lowest BCUT2D eigenvalue weighted by atomic mass is 9.95. The van der Waals surface area contributed by atoms with Gasteiger partial charge in [-0.1, -0.05) is 19.3 Å². The Hall–Kier alpha value is -3.62. The van der Waals surface area contributed by atoms with Gasteiger partial charge in [0.05, 0.1) is 19.6 Å². The number of methoxy groups -OCH3 is 2. The van der Waals surface area contributed by atoms with Gasteiger partial charge in [-0.05, 0) is 30.5 Å². The van der Waals surface area contributed by atoms with Gasteiger partial charge in [-0.15, -0.1) is 0 Å². The molecule has 9 nitrogen and oxygen atoms in total. The fourth-order valence-corrected chi connectivity index (χ4v) is 4.30. The van der Waals surface area contributed by atoms with Crippen molar-refractivity contribution in [2.24, 2.45) is 0 Å². The van der Waals surface area contributed by atoms with Crippen LogP contribution in [-0.4, -0.2) is 41.7 Å². The molecule has 1 fully saturated rings. The second-order valence-corrected chi connectivity index (χ2v) is 8.16. The predicted molar refractivity (Wildman–Crippen MR) is 126 cm³/mol. The van der Waals surface area contributed by atoms with Crippen LogP contribution in [0.5, 0.6) is 11.5 Å². The molecule has 174 valence electrons. The van der Waals surface area contributed by atoms with Crippen molar-refractivity contribution in [2.45, 2.75) is 44.7 Å². The van der Waals surface area contributed by atoms with E-state index in [4.69, 9.17) is 9.47 Å². The largest absolute Gasteiger partial charge is 0.497 e. The van der Waals surface area contributed by atoms with Gasteiger partial charge in [0.1, 0.15) is 22.7 Å². The maximum absolute atomic E-state index is 13.0. The van der Waals surface area contributed by atoms with Crippen LogP contribution in [0.2, 0.25) is 0 Å². The lowest BCUT2D eigenvalue weighted by Crippen LogP contribution is -2.29. The minimum absolute atomic E-state index is 0.114. The summed E-state index contributed by atoms with van der Waals surface area (Å²) in [5.74, 6) is 1.39. The number of nitrogens with one attached hydrogen (secondary N) is 2. The second kappa shape index (κ2) is 9.89. The number of benzene rings is 1. The molecule has 0 saturated heterocycles. The third-order valence-corrected chi connectivity index (χ3v) is 6.07. The number of aromatic nitrogens is 3. The molecule has 0 aliphatic heterocycles. The van der Waals surface area contributed by atoms with Crippen molar-refractivity contribution in [1.82, 2.24) is 19.9 Å². The number of nitrogens with zero attached hydrogens (tertiary/aromatic N) is 3. The van der Waals surface area contributed by atoms with Crippen LogP contribution < -0.4 is 25.5 Å². The zero-order valence-electron chi connectivity index (χ0n) is 19.2. The van der Waals surface area contributed by atoms with Crippen LogP contribution in [0.1, 0.15) is 54.1 Å². The number of hydrogen-bond acceptors (Lipinski definition) is 7. The van der Waals surface area contributed by atoms with Gasteiger partial charge in [-0.25, -0.2) is 4.98 Å². The highest BCUT2D eigenvalue weighted by Crippen LogP contribution is 2.30. The number of pyridine rings is 1. The van der Waals surface area contributed by atoms with E-state index >= 15 is 0 Å². The number of hydrogen-bond donors (Lipinski definition) is 2. The second-order valence-electron chi connectivity index (χ2n) is 8.16. The molecule has 4 rings (SSSR count). The van der Waals surface area contributed by atoms with Crippen molar-refractivity contribution in [3.05, 3.63) is 51.9 Å². The number of rotatable bonds is 7. The number of fused-ring (bicyclic) bond motifs is 1. The summed E-state index contributed by atoms with van der Waals surface area (Å²) in [6.45, 7) is 0.447. The van der Waals surface area contributed by atoms with E-state index in [1.54, 1.807) is 20.4 Å². The summed E-state index contributed by atoms with van der Waals surface area (Å²) in [6.07, 6.45) is 8.56. The van der Waals surface area contributed by atoms with Crippen LogP contribution in [0.4, 0.5) is 5.95 Å². The molecule has 2 N–H and O–H groups in total. The van der Waals surface area contributed by atoms with E-state index in [1.807, 2.05) is 22.8 Å². The fourth-order valence-electron chi connectivity index (χ4n) is 4.30. The highest BCUT2D eigenvalue weighted by atomic mass is 16.5. The lowest BCUT2D eigenvalue weighted by Gasteiger charge is -2.26. The first kappa shape index (κ1) is 22.6. The van der Waals surface area contributed by atoms with Crippen molar-refractivity contribution >= 4 is 22.9 Å². The Morgan fingerprint density at radius 2 is 1.82 bits per heavy atom. The summed E-state index contributed by atoms with van der Waals surface area (Å²) < 4.78 is 12.7. The van der Waals surface area contributed by atoms with Crippen LogP contribution in [0, 0.1) is 0 Å². The molecule has 0 radical (unpaired) electrons. The van der Waals surface area contributed by atoms with Crippen LogP contribution in [0.3, 0.4) is 0 Å². The van der Waals surface area contributed by atoms with Crippen molar-refractivity contribution in [2.75, 3.05) is 26.6 Å². The number of anilines is 1. The Morgan fingerprint density at radius 1 is 1.12 bits per heavy atom. The molecule has 1 amide bonds. The molecule has 1 aromatic carbocycles. The molecule has 0 spiro atoms. The Bertz CT molecular complexity index is 1200. The quantitative estimate of drug-likeness (QED) is 0.568. The molecule has 2 aromatic heterocycles. The molecule has 0 bridgehead atoms. The summed E-state index contributed by atoms with van der Waals surface area (Å²) in [6, 6.07) is 5.81. The first-order valence-electron chi connectivity index (χ1n) is 11.1. The molecule has 1 aliphatic carbocycles. The summed E-state index contributed by atoms with van der Waals surface area (Å²) in [5, 5.41) is 6.13. The lowest BCUT2D eigenvalue weighted by molar-refractivity contribution is 0.0961. The minimum Gasteiger partial charge on any atom is -0.497 e. The molecule has 0 atom stereocenters. The van der Waals surface area contributed by atoms with Crippen LogP contribution >= 0.6 is 0 Å². The predicted octanol–water partition coefficient (Wildman–Crippen LogP) is 3.29. The average molecular weight is 452 g/mol. The average Bonchev–Trinajstić information content (AvgIpc) is 2.87. The highest BCUT2D eigenvalue weighted by Gasteiger charge is 2.22. The van der Waals surface area contributed by atoms with E-state index in [9.17, 15) is 9.59 Å². The Morgan fingerprint density at radius 3 is 2.45 bits per heavy atom. The number of amides is 1. The Labute approximate surface area is 192 Å². The van der Waals surface area contributed by atoms with E-state index in [0.29, 0.717) is 35.0 Å². The number of carbonyl (C=O) groups is 1. The SMILES string of the molecule is CNC(=O)c1cn(C2CCCCC2)c2nc(NCc3cc(OC)cc(OC)c3)ncc2c1=O. The molecule has 0 unspecified atom stereocenters. The minimum atomic E-state index is -0.402. The number of carbonyl (C=O) groups excluding carboxylic acids is 1. The summed E-state index contributed by atoms with van der Waals surface area (Å²) in [7, 11) is 4.74. The zero-order valence-corrected chi connectivity index (χ0v) is 19.2. The third-order valence-electron chi connectivity index (χ3n) is 6.07. The van der Waals surface area contributed by atoms with Gasteiger partial charge in [0.15, 0.2) is 0 Å². The molecular formula is C24H29N5O4. The molecule has 1 saturated carbocycles. The van der Waals surface area contributed by atoms with Gasteiger partial charge in [0.2, 0.25) is 11.4 Å². The van der Waals surface area contributed by atoms with E-state index < -0.39 is 5.91 Å². The Kier molecular flexibility index (Phi) is 6.76. The molecule has 3 aromatic rings. The molecule has 2 heterocycles. The van der Waals surface area contributed by atoms with Crippen LogP contribution in [-0.2, 0) is 6.54 Å². The Balaban J connectivity index is 1.71. The van der Waals surface area contributed by atoms with Gasteiger partial charge < -0.3 is 24.7 Å². The van der Waals surface area contributed by atoms with Crippen molar-refractivity contribution < 1.29 is 14.3 Å². The number of ether oxygens (including phenoxy) is 2. The molecular weight excluding hydrogens is 422 g/mol. The van der Waals surface area contributed by atoms with Crippen molar-refractivity contribution in [3.8, 4) is 11.5 Å². The van der Waals surface area contributed by atoms with Gasteiger partial charge in [-0.3, -0.25) is 9.59 Å². The summed E-state index contributed by atoms with van der Waals surface area (Å²) in [5.41, 5.74) is 1.23.